The number of benzene rings is 2. The number of nitrogens with zero attached hydrogens (tertiary/aromatic N) is 5. The third-order valence-corrected chi connectivity index (χ3v) is 6.38. The van der Waals surface area contributed by atoms with Crippen molar-refractivity contribution in [1.29, 1.82) is 0 Å². The van der Waals surface area contributed by atoms with Crippen molar-refractivity contribution in [1.82, 2.24) is 29.4 Å². The number of carbonyl (C=O) groups excluding carboxylic acids is 1. The lowest BCUT2D eigenvalue weighted by atomic mass is 10.2. The summed E-state index contributed by atoms with van der Waals surface area (Å²) in [5.74, 6) is 1.58. The fourth-order valence-electron chi connectivity index (χ4n) is 4.45. The predicted octanol–water partition coefficient (Wildman–Crippen LogP) is 3.29. The number of aromatic nitrogens is 5. The van der Waals surface area contributed by atoms with Crippen LogP contribution in [0.4, 0.5) is 0 Å². The van der Waals surface area contributed by atoms with E-state index in [2.05, 4.69) is 10.4 Å². The van der Waals surface area contributed by atoms with Crippen LogP contribution in [-0.4, -0.2) is 36.8 Å². The Morgan fingerprint density at radius 3 is 2.57 bits per heavy atom. The van der Waals surface area contributed by atoms with E-state index in [4.69, 9.17) is 14.6 Å². The molecule has 0 bridgehead atoms. The minimum atomic E-state index is -0.845. The Hall–Kier alpha value is -4.86. The third-order valence-electron chi connectivity index (χ3n) is 6.38. The number of nitrogens with one attached hydrogen (secondary N) is 1. The van der Waals surface area contributed by atoms with Gasteiger partial charge in [-0.25, -0.2) is 9.36 Å². The normalized spacial score (nSPS) is 13.1. The first-order valence-corrected chi connectivity index (χ1v) is 11.9. The van der Waals surface area contributed by atoms with Gasteiger partial charge in [0.05, 0.1) is 11.4 Å². The van der Waals surface area contributed by atoms with Crippen molar-refractivity contribution in [3.8, 4) is 23.0 Å². The van der Waals surface area contributed by atoms with Gasteiger partial charge < -0.3 is 19.4 Å². The molecule has 3 aromatic heterocycles. The molecule has 0 saturated heterocycles. The third kappa shape index (κ3) is 3.92. The number of fused-ring (bicyclic) bond motifs is 2. The van der Waals surface area contributed by atoms with E-state index in [9.17, 15) is 9.59 Å². The van der Waals surface area contributed by atoms with Gasteiger partial charge in [-0.1, -0.05) is 24.3 Å². The van der Waals surface area contributed by atoms with Crippen LogP contribution in [0.2, 0.25) is 0 Å². The summed E-state index contributed by atoms with van der Waals surface area (Å²) in [6.45, 7) is 3.91. The maximum atomic E-state index is 13.8. The van der Waals surface area contributed by atoms with E-state index >= 15 is 0 Å². The highest BCUT2D eigenvalue weighted by atomic mass is 16.7. The van der Waals surface area contributed by atoms with Gasteiger partial charge in [0.25, 0.3) is 5.56 Å². The van der Waals surface area contributed by atoms with Crippen LogP contribution in [-0.2, 0) is 11.3 Å². The van der Waals surface area contributed by atoms with Crippen LogP contribution in [0.25, 0.3) is 22.4 Å². The second-order valence-electron chi connectivity index (χ2n) is 8.80. The van der Waals surface area contributed by atoms with Gasteiger partial charge in [0.15, 0.2) is 17.3 Å². The Balaban J connectivity index is 1.37. The molecule has 4 heterocycles. The fourth-order valence-corrected chi connectivity index (χ4v) is 4.45. The maximum Gasteiger partial charge on any atom is 0.280 e. The van der Waals surface area contributed by atoms with Gasteiger partial charge in [0, 0.05) is 18.9 Å². The minimum Gasteiger partial charge on any atom is -0.454 e. The van der Waals surface area contributed by atoms with Crippen molar-refractivity contribution < 1.29 is 14.3 Å². The molecular formula is C27H24N6O4. The number of ether oxygens (including phenoxy) is 2. The lowest BCUT2D eigenvalue weighted by molar-refractivity contribution is -0.124. The number of aryl methyl sites for hydroxylation is 1. The standard InChI is InChI=1S/C27H24N6O4/c1-17-24-23(26(31-12-6-7-13-31)33(30-24)20-8-4-3-5-9-20)27(35)32(29-17)18(2)25(34)28-15-19-10-11-21-22(14-19)37-16-36-21/h3-14,18H,15-16H2,1-2H3,(H,28,34)/t18-/m0/s1. The Bertz CT molecular complexity index is 1670. The van der Waals surface area contributed by atoms with Crippen LogP contribution >= 0.6 is 0 Å². The van der Waals surface area contributed by atoms with E-state index in [1.54, 1.807) is 18.5 Å². The number of carbonyl (C=O) groups is 1. The monoisotopic (exact) mass is 496 g/mol. The lowest BCUT2D eigenvalue weighted by Crippen LogP contribution is -2.37. The Morgan fingerprint density at radius 2 is 1.78 bits per heavy atom. The average molecular weight is 497 g/mol. The summed E-state index contributed by atoms with van der Waals surface area (Å²) >= 11 is 0. The molecule has 1 amide bonds. The average Bonchev–Trinajstić information content (AvgIpc) is 3.68. The van der Waals surface area contributed by atoms with Crippen LogP contribution in [0.5, 0.6) is 11.5 Å². The van der Waals surface area contributed by atoms with Crippen LogP contribution in [0, 0.1) is 6.92 Å². The molecule has 0 radical (unpaired) electrons. The summed E-state index contributed by atoms with van der Waals surface area (Å²) < 4.78 is 15.6. The highest BCUT2D eigenvalue weighted by Gasteiger charge is 2.25. The summed E-state index contributed by atoms with van der Waals surface area (Å²) in [7, 11) is 0. The molecule has 0 aliphatic carbocycles. The van der Waals surface area contributed by atoms with Gasteiger partial charge in [-0.3, -0.25) is 9.59 Å². The molecule has 1 aliphatic heterocycles. The van der Waals surface area contributed by atoms with Crippen LogP contribution in [0.15, 0.2) is 77.9 Å². The summed E-state index contributed by atoms with van der Waals surface area (Å²) in [6.07, 6.45) is 3.72. The molecule has 0 fully saturated rings. The first-order valence-electron chi connectivity index (χ1n) is 11.9. The van der Waals surface area contributed by atoms with Gasteiger partial charge in [0.1, 0.15) is 16.9 Å². The van der Waals surface area contributed by atoms with E-state index < -0.39 is 11.6 Å². The molecule has 1 atom stereocenters. The van der Waals surface area contributed by atoms with Gasteiger partial charge in [-0.15, -0.1) is 0 Å². The van der Waals surface area contributed by atoms with Crippen LogP contribution < -0.4 is 20.3 Å². The van der Waals surface area contributed by atoms with E-state index in [0.717, 1.165) is 11.3 Å². The summed E-state index contributed by atoms with van der Waals surface area (Å²) in [4.78, 5) is 26.9. The van der Waals surface area contributed by atoms with Crippen molar-refractivity contribution in [2.75, 3.05) is 6.79 Å². The van der Waals surface area contributed by atoms with E-state index in [0.29, 0.717) is 33.9 Å². The highest BCUT2D eigenvalue weighted by Crippen LogP contribution is 2.32. The molecule has 10 nitrogen and oxygen atoms in total. The number of hydrogen-bond donors (Lipinski definition) is 1. The van der Waals surface area contributed by atoms with Crippen molar-refractivity contribution in [2.45, 2.75) is 26.4 Å². The summed E-state index contributed by atoms with van der Waals surface area (Å²) in [6, 6.07) is 18.0. The number of hydrogen-bond acceptors (Lipinski definition) is 6. The van der Waals surface area contributed by atoms with E-state index in [1.807, 2.05) is 77.6 Å². The molecule has 10 heteroatoms. The van der Waals surface area contributed by atoms with Crippen molar-refractivity contribution in [3.63, 3.8) is 0 Å². The molecule has 37 heavy (non-hydrogen) atoms. The lowest BCUT2D eigenvalue weighted by Gasteiger charge is -2.15. The zero-order valence-corrected chi connectivity index (χ0v) is 20.3. The zero-order chi connectivity index (χ0) is 25.5. The molecule has 2 aromatic carbocycles. The second-order valence-corrected chi connectivity index (χ2v) is 8.80. The van der Waals surface area contributed by atoms with Crippen molar-refractivity contribution >= 4 is 16.8 Å². The van der Waals surface area contributed by atoms with Crippen molar-refractivity contribution in [2.24, 2.45) is 0 Å². The Morgan fingerprint density at radius 1 is 1.03 bits per heavy atom. The molecular weight excluding hydrogens is 472 g/mol. The zero-order valence-electron chi connectivity index (χ0n) is 20.3. The topological polar surface area (TPSA) is 105 Å². The Kier molecular flexibility index (Phi) is 5.48. The second kappa shape index (κ2) is 8.98. The predicted molar refractivity (Wildman–Crippen MR) is 136 cm³/mol. The SMILES string of the molecule is Cc1nn([C@@H](C)C(=O)NCc2ccc3c(c2)OCO3)c(=O)c2c(-n3cccc3)n(-c3ccccc3)nc12. The summed E-state index contributed by atoms with van der Waals surface area (Å²) in [5.41, 5.74) is 2.31. The smallest absolute Gasteiger partial charge is 0.280 e. The number of amides is 1. The first-order chi connectivity index (χ1) is 18.0. The largest absolute Gasteiger partial charge is 0.454 e. The van der Waals surface area contributed by atoms with Crippen LogP contribution in [0.3, 0.4) is 0 Å². The van der Waals surface area contributed by atoms with Crippen molar-refractivity contribution in [3.05, 3.63) is 94.7 Å². The highest BCUT2D eigenvalue weighted by molar-refractivity contribution is 5.88. The van der Waals surface area contributed by atoms with Gasteiger partial charge >= 0.3 is 0 Å². The number of rotatable bonds is 6. The molecule has 6 rings (SSSR count). The molecule has 186 valence electrons. The maximum absolute atomic E-state index is 13.8. The molecule has 0 spiro atoms. The molecule has 0 saturated carbocycles. The van der Waals surface area contributed by atoms with Crippen LogP contribution in [0.1, 0.15) is 24.2 Å². The van der Waals surface area contributed by atoms with E-state index in [1.165, 1.54) is 4.68 Å². The Labute approximate surface area is 211 Å². The number of para-hydroxylation sites is 1. The van der Waals surface area contributed by atoms with Gasteiger partial charge in [-0.05, 0) is 55.8 Å². The van der Waals surface area contributed by atoms with Gasteiger partial charge in [-0.2, -0.15) is 10.2 Å². The minimum absolute atomic E-state index is 0.185. The molecule has 1 aliphatic rings. The van der Waals surface area contributed by atoms with E-state index in [-0.39, 0.29) is 19.2 Å². The quantitative estimate of drug-likeness (QED) is 0.387. The first kappa shape index (κ1) is 22.6. The summed E-state index contributed by atoms with van der Waals surface area (Å²) in [5, 5.41) is 12.5. The molecule has 0 unspecified atom stereocenters. The van der Waals surface area contributed by atoms with Gasteiger partial charge in [0.2, 0.25) is 12.7 Å². The molecule has 1 N–H and O–H groups in total. The fraction of sp³-hybridized carbons (Fsp3) is 0.185. The molecule has 5 aromatic rings.